The molecule has 0 N–H and O–H groups in total. The van der Waals surface area contributed by atoms with Gasteiger partial charge in [-0.05, 0) is 38.0 Å². The van der Waals surface area contributed by atoms with Gasteiger partial charge in [0.15, 0.2) is 0 Å². The molecule has 0 saturated heterocycles. The summed E-state index contributed by atoms with van der Waals surface area (Å²) in [6.07, 6.45) is 4.48. The molecule has 114 valence electrons. The van der Waals surface area contributed by atoms with Crippen LogP contribution >= 0.6 is 15.9 Å². The zero-order chi connectivity index (χ0) is 16.3. The van der Waals surface area contributed by atoms with Crippen LogP contribution in [0.2, 0.25) is 0 Å². The first-order valence-corrected chi connectivity index (χ1v) is 7.99. The van der Waals surface area contributed by atoms with Crippen molar-refractivity contribution in [2.24, 2.45) is 0 Å². The van der Waals surface area contributed by atoms with Crippen molar-refractivity contribution in [1.29, 1.82) is 5.26 Å². The summed E-state index contributed by atoms with van der Waals surface area (Å²) < 4.78 is 0.920. The lowest BCUT2D eigenvalue weighted by molar-refractivity contribution is -0.122. The third-order valence-electron chi connectivity index (χ3n) is 3.97. The summed E-state index contributed by atoms with van der Waals surface area (Å²) in [7, 11) is 0. The summed E-state index contributed by atoms with van der Waals surface area (Å²) in [5, 5.41) is 9.30. The Morgan fingerprint density at radius 1 is 1.50 bits per heavy atom. The van der Waals surface area contributed by atoms with Gasteiger partial charge in [-0.3, -0.25) is 4.79 Å². The van der Waals surface area contributed by atoms with Gasteiger partial charge in [-0.1, -0.05) is 39.7 Å². The third kappa shape index (κ3) is 2.74. The average Bonchev–Trinajstić information content (AvgIpc) is 2.68. The molecular formula is C18H19BrN2O. The van der Waals surface area contributed by atoms with Crippen LogP contribution in [0.15, 0.2) is 47.0 Å². The fraction of sp³-hybridized carbons (Fsp3) is 0.333. The first-order valence-electron chi connectivity index (χ1n) is 7.19. The van der Waals surface area contributed by atoms with E-state index in [1.54, 1.807) is 11.0 Å². The molecule has 0 saturated carbocycles. The van der Waals surface area contributed by atoms with Gasteiger partial charge >= 0.3 is 0 Å². The van der Waals surface area contributed by atoms with E-state index in [2.05, 4.69) is 28.6 Å². The first-order chi connectivity index (χ1) is 10.5. The number of halogens is 1. The van der Waals surface area contributed by atoms with Crippen molar-refractivity contribution in [3.8, 4) is 6.07 Å². The SMILES string of the molecule is C=CCN1C(=O)[C@@](CC#N)(CC=C(C)C)c2ccc(Br)cc21. The number of allylic oxidation sites excluding steroid dienone is 2. The van der Waals surface area contributed by atoms with Crippen LogP contribution in [-0.2, 0) is 10.2 Å². The minimum atomic E-state index is -0.787. The number of hydrogen-bond acceptors (Lipinski definition) is 2. The van der Waals surface area contributed by atoms with Crippen LogP contribution in [0.5, 0.6) is 0 Å². The molecule has 2 rings (SSSR count). The van der Waals surface area contributed by atoms with Crippen molar-refractivity contribution in [2.45, 2.75) is 32.1 Å². The zero-order valence-electron chi connectivity index (χ0n) is 12.9. The van der Waals surface area contributed by atoms with Crippen LogP contribution in [0.1, 0.15) is 32.3 Å². The normalized spacial score (nSPS) is 19.5. The molecule has 0 fully saturated rings. The Hall–Kier alpha value is -1.86. The second-order valence-electron chi connectivity index (χ2n) is 5.77. The molecular weight excluding hydrogens is 340 g/mol. The molecule has 4 heteroatoms. The van der Waals surface area contributed by atoms with Gasteiger partial charge in [0, 0.05) is 16.7 Å². The fourth-order valence-electron chi connectivity index (χ4n) is 2.88. The number of fused-ring (bicyclic) bond motifs is 1. The number of anilines is 1. The van der Waals surface area contributed by atoms with Crippen molar-refractivity contribution in [3.05, 3.63) is 52.5 Å². The minimum Gasteiger partial charge on any atom is -0.307 e. The highest BCUT2D eigenvalue weighted by Gasteiger charge is 2.49. The van der Waals surface area contributed by atoms with E-state index in [0.29, 0.717) is 13.0 Å². The molecule has 0 spiro atoms. The second-order valence-corrected chi connectivity index (χ2v) is 6.68. The number of nitrogens with zero attached hydrogens (tertiary/aromatic N) is 2. The highest BCUT2D eigenvalue weighted by Crippen LogP contribution is 2.47. The van der Waals surface area contributed by atoms with E-state index < -0.39 is 5.41 Å². The zero-order valence-corrected chi connectivity index (χ0v) is 14.5. The van der Waals surface area contributed by atoms with Crippen molar-refractivity contribution in [3.63, 3.8) is 0 Å². The Morgan fingerprint density at radius 2 is 2.23 bits per heavy atom. The molecule has 0 aliphatic carbocycles. The van der Waals surface area contributed by atoms with Crippen molar-refractivity contribution in [1.82, 2.24) is 0 Å². The van der Waals surface area contributed by atoms with E-state index in [1.165, 1.54) is 0 Å². The molecule has 1 aliphatic heterocycles. The molecule has 0 radical (unpaired) electrons. The van der Waals surface area contributed by atoms with Crippen LogP contribution in [0, 0.1) is 11.3 Å². The lowest BCUT2D eigenvalue weighted by Gasteiger charge is -2.25. The Labute approximate surface area is 140 Å². The average molecular weight is 359 g/mol. The number of carbonyl (C=O) groups is 1. The number of amides is 1. The van der Waals surface area contributed by atoms with Gasteiger partial charge in [0.25, 0.3) is 0 Å². The summed E-state index contributed by atoms with van der Waals surface area (Å²) >= 11 is 3.46. The topological polar surface area (TPSA) is 44.1 Å². The molecule has 1 heterocycles. The first kappa shape index (κ1) is 16.5. The Balaban J connectivity index is 2.63. The molecule has 1 aliphatic rings. The number of benzene rings is 1. The van der Waals surface area contributed by atoms with Crippen LogP contribution < -0.4 is 4.90 Å². The highest BCUT2D eigenvalue weighted by atomic mass is 79.9. The largest absolute Gasteiger partial charge is 0.307 e. The van der Waals surface area contributed by atoms with E-state index in [0.717, 1.165) is 21.3 Å². The molecule has 0 bridgehead atoms. The summed E-state index contributed by atoms with van der Waals surface area (Å²) in [5.74, 6) is -0.0143. The predicted octanol–water partition coefficient (Wildman–Crippen LogP) is 4.49. The quantitative estimate of drug-likeness (QED) is 0.727. The van der Waals surface area contributed by atoms with Gasteiger partial charge in [0.2, 0.25) is 5.91 Å². The van der Waals surface area contributed by atoms with E-state index in [-0.39, 0.29) is 12.3 Å². The van der Waals surface area contributed by atoms with Gasteiger partial charge in [0.05, 0.1) is 17.9 Å². The highest BCUT2D eigenvalue weighted by molar-refractivity contribution is 9.10. The van der Waals surface area contributed by atoms with Crippen LogP contribution in [0.3, 0.4) is 0 Å². The predicted molar refractivity (Wildman–Crippen MR) is 92.6 cm³/mol. The monoisotopic (exact) mass is 358 g/mol. The molecule has 0 unspecified atom stereocenters. The summed E-state index contributed by atoms with van der Waals surface area (Å²) in [5.41, 5.74) is 2.16. The Kier molecular flexibility index (Phi) is 4.87. The van der Waals surface area contributed by atoms with Crippen LogP contribution in [0.25, 0.3) is 0 Å². The summed E-state index contributed by atoms with van der Waals surface area (Å²) in [6.45, 7) is 8.20. The lowest BCUT2D eigenvalue weighted by Crippen LogP contribution is -2.40. The van der Waals surface area contributed by atoms with E-state index >= 15 is 0 Å². The minimum absolute atomic E-state index is 0.0143. The van der Waals surface area contributed by atoms with Crippen molar-refractivity contribution >= 4 is 27.5 Å². The fourth-order valence-corrected chi connectivity index (χ4v) is 3.23. The van der Waals surface area contributed by atoms with Gasteiger partial charge in [-0.2, -0.15) is 5.26 Å². The summed E-state index contributed by atoms with van der Waals surface area (Å²) in [4.78, 5) is 14.8. The molecule has 1 aromatic rings. The Morgan fingerprint density at radius 3 is 2.82 bits per heavy atom. The maximum absolute atomic E-state index is 13.1. The van der Waals surface area contributed by atoms with Gasteiger partial charge in [0.1, 0.15) is 0 Å². The van der Waals surface area contributed by atoms with Crippen LogP contribution in [-0.4, -0.2) is 12.5 Å². The van der Waals surface area contributed by atoms with Gasteiger partial charge in [-0.15, -0.1) is 6.58 Å². The maximum Gasteiger partial charge on any atom is 0.239 e. The van der Waals surface area contributed by atoms with E-state index in [9.17, 15) is 10.1 Å². The molecule has 0 aromatic heterocycles. The smallest absolute Gasteiger partial charge is 0.239 e. The van der Waals surface area contributed by atoms with Gasteiger partial charge in [-0.25, -0.2) is 0 Å². The van der Waals surface area contributed by atoms with E-state index in [4.69, 9.17) is 0 Å². The number of hydrogen-bond donors (Lipinski definition) is 0. The molecule has 22 heavy (non-hydrogen) atoms. The van der Waals surface area contributed by atoms with Crippen LogP contribution in [0.4, 0.5) is 5.69 Å². The molecule has 1 aromatic carbocycles. The standard InChI is InChI=1S/C18H19BrN2O/c1-4-11-21-16-12-14(19)5-6-15(16)18(9-10-20,17(21)22)8-7-13(2)3/h4-7,12H,1,8-9,11H2,2-3H3/t18-/m1/s1. The van der Waals surface area contributed by atoms with E-state index in [1.807, 2.05) is 38.1 Å². The maximum atomic E-state index is 13.1. The number of nitriles is 1. The third-order valence-corrected chi connectivity index (χ3v) is 4.47. The van der Waals surface area contributed by atoms with Gasteiger partial charge < -0.3 is 4.90 Å². The number of rotatable bonds is 5. The molecule has 1 atom stereocenters. The summed E-state index contributed by atoms with van der Waals surface area (Å²) in [6, 6.07) is 8.03. The second kappa shape index (κ2) is 6.50. The lowest BCUT2D eigenvalue weighted by atomic mass is 9.76. The molecule has 3 nitrogen and oxygen atoms in total. The molecule has 1 amide bonds. The number of carbonyl (C=O) groups excluding carboxylic acids is 1. The van der Waals surface area contributed by atoms with Crippen molar-refractivity contribution < 1.29 is 4.79 Å². The Bertz CT molecular complexity index is 683. The van der Waals surface area contributed by atoms with Crippen molar-refractivity contribution in [2.75, 3.05) is 11.4 Å².